The molecule has 3 aromatic rings. The van der Waals surface area contributed by atoms with Gasteiger partial charge in [-0.15, -0.1) is 10.2 Å². The van der Waals surface area contributed by atoms with Crippen molar-refractivity contribution in [2.24, 2.45) is 0 Å². The van der Waals surface area contributed by atoms with Crippen LogP contribution in [0, 0.1) is 0 Å². The van der Waals surface area contributed by atoms with E-state index in [9.17, 15) is 4.79 Å². The number of benzene rings is 1. The zero-order chi connectivity index (χ0) is 13.9. The Morgan fingerprint density at radius 1 is 1.20 bits per heavy atom. The molecule has 20 heavy (non-hydrogen) atoms. The highest BCUT2D eigenvalue weighted by molar-refractivity contribution is 5.55. The summed E-state index contributed by atoms with van der Waals surface area (Å²) in [7, 11) is 0. The molecule has 1 aromatic carbocycles. The van der Waals surface area contributed by atoms with Gasteiger partial charge in [0.25, 0.3) is 5.56 Å². The van der Waals surface area contributed by atoms with Crippen LogP contribution in [0.25, 0.3) is 11.4 Å². The van der Waals surface area contributed by atoms with Gasteiger partial charge < -0.3 is 10.1 Å². The summed E-state index contributed by atoms with van der Waals surface area (Å²) in [5.74, 6) is 0.607. The number of hydrogen-bond acceptors (Lipinski definition) is 6. The molecular weight excluding hydrogens is 260 g/mol. The van der Waals surface area contributed by atoms with Gasteiger partial charge in [-0.25, -0.2) is 4.98 Å². The highest BCUT2D eigenvalue weighted by Crippen LogP contribution is 2.16. The highest BCUT2D eigenvalue weighted by Gasteiger charge is 2.05. The molecule has 0 amide bonds. The summed E-state index contributed by atoms with van der Waals surface area (Å²) in [5, 5.41) is 22.8. The van der Waals surface area contributed by atoms with Gasteiger partial charge in [-0.3, -0.25) is 4.79 Å². The van der Waals surface area contributed by atoms with E-state index in [-0.39, 0.29) is 0 Å². The number of nitrogens with zero attached hydrogens (tertiary/aromatic N) is 4. The second kappa shape index (κ2) is 4.92. The lowest BCUT2D eigenvalue weighted by molar-refractivity contribution is 0.463. The Balaban J connectivity index is 1.85. The monoisotopic (exact) mass is 270 g/mol. The average Bonchev–Trinajstić information content (AvgIpc) is 2.96. The molecule has 0 saturated carbocycles. The molecule has 0 aliphatic rings. The molecule has 0 aliphatic heterocycles. The van der Waals surface area contributed by atoms with Gasteiger partial charge in [-0.05, 0) is 5.56 Å². The second-order valence-corrected chi connectivity index (χ2v) is 4.15. The smallest absolute Gasteiger partial charge is 0.293 e. The number of hydrogen-bond donors (Lipinski definition) is 3. The Labute approximate surface area is 112 Å². The zero-order valence-corrected chi connectivity index (χ0v) is 10.2. The van der Waals surface area contributed by atoms with Crippen LogP contribution in [0.5, 0.6) is 5.75 Å². The zero-order valence-electron chi connectivity index (χ0n) is 10.2. The van der Waals surface area contributed by atoms with Crippen molar-refractivity contribution in [2.75, 3.05) is 0 Å². The van der Waals surface area contributed by atoms with E-state index >= 15 is 0 Å². The lowest BCUT2D eigenvalue weighted by Crippen LogP contribution is -2.07. The summed E-state index contributed by atoms with van der Waals surface area (Å²) in [6, 6.07) is 7.42. The summed E-state index contributed by atoms with van der Waals surface area (Å²) in [5.41, 5.74) is 1.20. The molecule has 3 rings (SSSR count). The van der Waals surface area contributed by atoms with Crippen molar-refractivity contribution in [3.05, 3.63) is 52.2 Å². The number of aromatic amines is 2. The number of tetrazole rings is 1. The van der Waals surface area contributed by atoms with E-state index in [1.165, 1.54) is 0 Å². The summed E-state index contributed by atoms with van der Waals surface area (Å²) < 4.78 is 0. The minimum absolute atomic E-state index is 0.400. The fourth-order valence-electron chi connectivity index (χ4n) is 1.76. The second-order valence-electron chi connectivity index (χ2n) is 4.15. The van der Waals surface area contributed by atoms with Crippen LogP contribution in [0.3, 0.4) is 0 Å². The van der Waals surface area contributed by atoms with Crippen molar-refractivity contribution in [1.29, 1.82) is 0 Å². The third-order valence-corrected chi connectivity index (χ3v) is 2.76. The normalized spacial score (nSPS) is 10.6. The van der Waals surface area contributed by atoms with E-state index < -0.39 is 11.3 Å². The molecule has 0 radical (unpaired) electrons. The minimum atomic E-state index is -0.564. The molecule has 8 heteroatoms. The number of H-pyrrole nitrogens is 2. The third kappa shape index (κ3) is 2.39. The van der Waals surface area contributed by atoms with E-state index in [1.54, 1.807) is 0 Å². The van der Waals surface area contributed by atoms with Crippen molar-refractivity contribution in [3.63, 3.8) is 0 Å². The molecule has 0 saturated heterocycles. The highest BCUT2D eigenvalue weighted by atomic mass is 16.3. The van der Waals surface area contributed by atoms with Crippen LogP contribution in [0.4, 0.5) is 0 Å². The van der Waals surface area contributed by atoms with Crippen LogP contribution in [-0.4, -0.2) is 35.7 Å². The van der Waals surface area contributed by atoms with Gasteiger partial charge in [0.2, 0.25) is 0 Å². The molecule has 2 aromatic heterocycles. The molecule has 8 nitrogen and oxygen atoms in total. The fraction of sp³-hybridized carbons (Fsp3) is 0.0833. The van der Waals surface area contributed by atoms with Crippen LogP contribution in [-0.2, 0) is 6.42 Å². The Morgan fingerprint density at radius 2 is 2.00 bits per heavy atom. The molecular formula is C12H10N6O2. The standard InChI is InChI=1S/C12H10N6O2/c19-9-6-13-11(14-12(9)20)8-3-1-7(2-4-8)5-10-15-17-18-16-10/h1-4,6,19H,5H2,(H,13,14,20)(H,15,16,17,18). The summed E-state index contributed by atoms with van der Waals surface area (Å²) >= 11 is 0. The van der Waals surface area contributed by atoms with Crippen LogP contribution in [0.2, 0.25) is 0 Å². The molecule has 2 heterocycles. The van der Waals surface area contributed by atoms with Crippen molar-refractivity contribution in [2.45, 2.75) is 6.42 Å². The summed E-state index contributed by atoms with van der Waals surface area (Å²) in [6.07, 6.45) is 1.69. The maximum atomic E-state index is 11.3. The predicted octanol–water partition coefficient (Wildman–Crippen LogP) is 0.246. The van der Waals surface area contributed by atoms with Gasteiger partial charge in [-0.1, -0.05) is 29.5 Å². The Morgan fingerprint density at radius 3 is 2.65 bits per heavy atom. The van der Waals surface area contributed by atoms with Crippen molar-refractivity contribution >= 4 is 0 Å². The van der Waals surface area contributed by atoms with E-state index in [0.717, 1.165) is 17.3 Å². The first-order valence-corrected chi connectivity index (χ1v) is 5.82. The quantitative estimate of drug-likeness (QED) is 0.627. The average molecular weight is 270 g/mol. The molecule has 3 N–H and O–H groups in total. The lowest BCUT2D eigenvalue weighted by Gasteiger charge is -2.02. The number of aromatic hydroxyl groups is 1. The van der Waals surface area contributed by atoms with Gasteiger partial charge in [0, 0.05) is 12.0 Å². The molecule has 100 valence electrons. The first-order valence-electron chi connectivity index (χ1n) is 5.82. The number of nitrogens with one attached hydrogen (secondary N) is 2. The van der Waals surface area contributed by atoms with Crippen LogP contribution >= 0.6 is 0 Å². The minimum Gasteiger partial charge on any atom is -0.502 e. The first kappa shape index (κ1) is 12.0. The van der Waals surface area contributed by atoms with Crippen molar-refractivity contribution < 1.29 is 5.11 Å². The van der Waals surface area contributed by atoms with Gasteiger partial charge >= 0.3 is 0 Å². The van der Waals surface area contributed by atoms with Gasteiger partial charge in [-0.2, -0.15) is 5.21 Å². The topological polar surface area (TPSA) is 120 Å². The van der Waals surface area contributed by atoms with Gasteiger partial charge in [0.15, 0.2) is 11.6 Å². The van der Waals surface area contributed by atoms with Crippen molar-refractivity contribution in [3.8, 4) is 17.1 Å². The molecule has 0 bridgehead atoms. The maximum absolute atomic E-state index is 11.3. The summed E-state index contributed by atoms with van der Waals surface area (Å²) in [4.78, 5) is 17.8. The molecule has 0 fully saturated rings. The van der Waals surface area contributed by atoms with E-state index in [0.29, 0.717) is 18.1 Å². The maximum Gasteiger partial charge on any atom is 0.293 e. The van der Waals surface area contributed by atoms with Crippen LogP contribution in [0.1, 0.15) is 11.4 Å². The predicted molar refractivity (Wildman–Crippen MR) is 68.9 cm³/mol. The Hall–Kier alpha value is -3.03. The van der Waals surface area contributed by atoms with Gasteiger partial charge in [0.05, 0.1) is 6.20 Å². The number of aromatic nitrogens is 6. The van der Waals surface area contributed by atoms with E-state index in [4.69, 9.17) is 5.11 Å². The molecule has 0 spiro atoms. The molecule has 0 atom stereocenters. The van der Waals surface area contributed by atoms with E-state index in [1.807, 2.05) is 24.3 Å². The summed E-state index contributed by atoms with van der Waals surface area (Å²) in [6.45, 7) is 0. The van der Waals surface area contributed by atoms with Crippen molar-refractivity contribution in [1.82, 2.24) is 30.6 Å². The van der Waals surface area contributed by atoms with Gasteiger partial charge in [0.1, 0.15) is 5.82 Å². The molecule has 0 unspecified atom stereocenters. The lowest BCUT2D eigenvalue weighted by atomic mass is 10.1. The Bertz CT molecular complexity index is 763. The number of rotatable bonds is 3. The largest absolute Gasteiger partial charge is 0.502 e. The SMILES string of the molecule is O=c1[nH]c(-c2ccc(Cc3nn[nH]n3)cc2)ncc1O. The van der Waals surface area contributed by atoms with E-state index in [2.05, 4.69) is 30.6 Å². The van der Waals surface area contributed by atoms with Crippen LogP contribution in [0.15, 0.2) is 35.3 Å². The fourth-order valence-corrected chi connectivity index (χ4v) is 1.76. The first-order chi connectivity index (χ1) is 9.72. The third-order valence-electron chi connectivity index (χ3n) is 2.76. The van der Waals surface area contributed by atoms with Crippen LogP contribution < -0.4 is 5.56 Å². The Kier molecular flexibility index (Phi) is 2.96. The molecule has 0 aliphatic carbocycles.